The van der Waals surface area contributed by atoms with Crippen LogP contribution in [0.25, 0.3) is 0 Å². The SMILES string of the molecule is Cc1ccc(C(C(=O)O)C2CC3CCC(C2)N3C)cc1. The van der Waals surface area contributed by atoms with Gasteiger partial charge >= 0.3 is 5.97 Å². The molecule has 20 heavy (non-hydrogen) atoms. The van der Waals surface area contributed by atoms with Gasteiger partial charge in [-0.15, -0.1) is 0 Å². The number of carbonyl (C=O) groups is 1. The van der Waals surface area contributed by atoms with Gasteiger partial charge in [0.2, 0.25) is 0 Å². The summed E-state index contributed by atoms with van der Waals surface area (Å²) >= 11 is 0. The highest BCUT2D eigenvalue weighted by atomic mass is 16.4. The maximum absolute atomic E-state index is 11.8. The summed E-state index contributed by atoms with van der Waals surface area (Å²) in [5, 5.41) is 9.69. The van der Waals surface area contributed by atoms with Crippen molar-refractivity contribution >= 4 is 5.97 Å². The normalized spacial score (nSPS) is 31.2. The van der Waals surface area contributed by atoms with Crippen molar-refractivity contribution < 1.29 is 9.90 Å². The Balaban J connectivity index is 1.85. The summed E-state index contributed by atoms with van der Waals surface area (Å²) < 4.78 is 0. The zero-order valence-electron chi connectivity index (χ0n) is 12.2. The predicted octanol–water partition coefficient (Wildman–Crippen LogP) is 3.04. The minimum absolute atomic E-state index is 0.281. The third-order valence-electron chi connectivity index (χ3n) is 5.31. The fourth-order valence-electron chi connectivity index (χ4n) is 4.12. The Hall–Kier alpha value is -1.35. The second-order valence-electron chi connectivity index (χ2n) is 6.51. The lowest BCUT2D eigenvalue weighted by molar-refractivity contribution is -0.141. The third-order valence-corrected chi connectivity index (χ3v) is 5.31. The Kier molecular flexibility index (Phi) is 3.55. The highest BCUT2D eigenvalue weighted by molar-refractivity contribution is 5.76. The molecule has 0 amide bonds. The first kappa shape index (κ1) is 13.6. The van der Waals surface area contributed by atoms with Gasteiger partial charge in [-0.3, -0.25) is 4.79 Å². The van der Waals surface area contributed by atoms with Crippen molar-refractivity contribution in [1.29, 1.82) is 0 Å². The van der Waals surface area contributed by atoms with Crippen LogP contribution in [0, 0.1) is 12.8 Å². The van der Waals surface area contributed by atoms with Crippen LogP contribution in [0.5, 0.6) is 0 Å². The number of benzene rings is 1. The fraction of sp³-hybridized carbons (Fsp3) is 0.588. The van der Waals surface area contributed by atoms with Crippen molar-refractivity contribution in [3.8, 4) is 0 Å². The van der Waals surface area contributed by atoms with E-state index in [1.54, 1.807) is 0 Å². The summed E-state index contributed by atoms with van der Waals surface area (Å²) in [5.74, 6) is -0.723. The van der Waals surface area contributed by atoms with Crippen molar-refractivity contribution in [2.75, 3.05) is 7.05 Å². The molecule has 2 heterocycles. The molecule has 0 aliphatic carbocycles. The van der Waals surface area contributed by atoms with Crippen LogP contribution in [0.2, 0.25) is 0 Å². The molecule has 3 unspecified atom stereocenters. The molecule has 3 nitrogen and oxygen atoms in total. The molecular formula is C17H23NO2. The van der Waals surface area contributed by atoms with E-state index in [-0.39, 0.29) is 11.8 Å². The van der Waals surface area contributed by atoms with Gasteiger partial charge in [0.25, 0.3) is 0 Å². The third kappa shape index (κ3) is 2.35. The van der Waals surface area contributed by atoms with Crippen LogP contribution in [0.15, 0.2) is 24.3 Å². The molecule has 0 spiro atoms. The van der Waals surface area contributed by atoms with Crippen LogP contribution in [0.4, 0.5) is 0 Å². The predicted molar refractivity (Wildman–Crippen MR) is 78.9 cm³/mol. The Morgan fingerprint density at radius 2 is 1.75 bits per heavy atom. The van der Waals surface area contributed by atoms with E-state index < -0.39 is 5.97 Å². The summed E-state index contributed by atoms with van der Waals surface area (Å²) in [7, 11) is 2.19. The van der Waals surface area contributed by atoms with Gasteiger partial charge in [0, 0.05) is 12.1 Å². The van der Waals surface area contributed by atoms with Gasteiger partial charge in [-0.1, -0.05) is 29.8 Å². The molecule has 2 fully saturated rings. The molecule has 0 saturated carbocycles. The van der Waals surface area contributed by atoms with Crippen LogP contribution in [-0.4, -0.2) is 35.1 Å². The van der Waals surface area contributed by atoms with E-state index in [2.05, 4.69) is 11.9 Å². The zero-order chi connectivity index (χ0) is 14.3. The summed E-state index contributed by atoms with van der Waals surface area (Å²) in [5.41, 5.74) is 2.15. The van der Waals surface area contributed by atoms with Crippen LogP contribution >= 0.6 is 0 Å². The average molecular weight is 273 g/mol. The molecule has 2 bridgehead atoms. The molecule has 1 aromatic carbocycles. The van der Waals surface area contributed by atoms with E-state index >= 15 is 0 Å². The number of carboxylic acids is 1. The first-order valence-electron chi connectivity index (χ1n) is 7.57. The van der Waals surface area contributed by atoms with E-state index in [4.69, 9.17) is 0 Å². The highest BCUT2D eigenvalue weighted by Gasteiger charge is 2.43. The fourth-order valence-corrected chi connectivity index (χ4v) is 4.12. The number of fused-ring (bicyclic) bond motifs is 2. The largest absolute Gasteiger partial charge is 0.481 e. The molecule has 3 atom stereocenters. The topological polar surface area (TPSA) is 40.5 Å². The number of carboxylic acid groups (broad SMARTS) is 1. The number of rotatable bonds is 3. The van der Waals surface area contributed by atoms with Crippen molar-refractivity contribution in [2.45, 2.75) is 50.6 Å². The second kappa shape index (κ2) is 5.21. The van der Waals surface area contributed by atoms with E-state index in [1.165, 1.54) is 18.4 Å². The Morgan fingerprint density at radius 1 is 1.20 bits per heavy atom. The number of hydrogen-bond donors (Lipinski definition) is 1. The molecule has 3 rings (SSSR count). The van der Waals surface area contributed by atoms with Gasteiger partial charge in [0.15, 0.2) is 0 Å². The number of piperidine rings is 1. The monoisotopic (exact) mass is 273 g/mol. The molecule has 108 valence electrons. The quantitative estimate of drug-likeness (QED) is 0.920. The van der Waals surface area contributed by atoms with Crippen LogP contribution in [-0.2, 0) is 4.79 Å². The smallest absolute Gasteiger partial charge is 0.311 e. The number of aryl methyl sites for hydroxylation is 1. The number of nitrogens with zero attached hydrogens (tertiary/aromatic N) is 1. The minimum Gasteiger partial charge on any atom is -0.481 e. The Labute approximate surface area is 120 Å². The van der Waals surface area contributed by atoms with Gasteiger partial charge in [0.1, 0.15) is 0 Å². The average Bonchev–Trinajstić information content (AvgIpc) is 2.64. The van der Waals surface area contributed by atoms with Crippen molar-refractivity contribution in [3.05, 3.63) is 35.4 Å². The summed E-state index contributed by atoms with van der Waals surface area (Å²) in [6, 6.07) is 9.21. The molecule has 2 saturated heterocycles. The summed E-state index contributed by atoms with van der Waals surface area (Å²) in [6.45, 7) is 2.04. The Bertz CT molecular complexity index is 482. The van der Waals surface area contributed by atoms with E-state index in [0.29, 0.717) is 12.1 Å². The van der Waals surface area contributed by atoms with Crippen molar-refractivity contribution in [3.63, 3.8) is 0 Å². The minimum atomic E-state index is -0.664. The summed E-state index contributed by atoms with van der Waals surface area (Å²) in [6.07, 6.45) is 4.52. The molecule has 2 aliphatic heterocycles. The van der Waals surface area contributed by atoms with E-state index in [0.717, 1.165) is 18.4 Å². The lowest BCUT2D eigenvalue weighted by atomic mass is 9.77. The first-order valence-corrected chi connectivity index (χ1v) is 7.57. The van der Waals surface area contributed by atoms with Gasteiger partial charge in [-0.2, -0.15) is 0 Å². The maximum Gasteiger partial charge on any atom is 0.311 e. The molecule has 1 aromatic rings. The maximum atomic E-state index is 11.8. The van der Waals surface area contributed by atoms with Crippen molar-refractivity contribution in [1.82, 2.24) is 4.90 Å². The second-order valence-corrected chi connectivity index (χ2v) is 6.51. The van der Waals surface area contributed by atoms with Crippen molar-refractivity contribution in [2.24, 2.45) is 5.92 Å². The van der Waals surface area contributed by atoms with E-state index in [9.17, 15) is 9.90 Å². The lowest BCUT2D eigenvalue weighted by Crippen LogP contribution is -2.42. The standard InChI is InChI=1S/C17H23NO2/c1-11-3-5-12(6-4-11)16(17(19)20)13-9-14-7-8-15(10-13)18(14)2/h3-6,13-16H,7-10H2,1-2H3,(H,19,20). The summed E-state index contributed by atoms with van der Waals surface area (Å²) in [4.78, 5) is 14.2. The van der Waals surface area contributed by atoms with Gasteiger partial charge < -0.3 is 10.0 Å². The van der Waals surface area contributed by atoms with E-state index in [1.807, 2.05) is 31.2 Å². The molecule has 1 N–H and O–H groups in total. The van der Waals surface area contributed by atoms with Gasteiger partial charge in [0.05, 0.1) is 5.92 Å². The molecule has 0 radical (unpaired) electrons. The van der Waals surface area contributed by atoms with Crippen LogP contribution in [0.1, 0.15) is 42.7 Å². The molecule has 2 aliphatic rings. The van der Waals surface area contributed by atoms with Gasteiger partial charge in [-0.05, 0) is 51.1 Å². The number of aliphatic carboxylic acids is 1. The Morgan fingerprint density at radius 3 is 2.25 bits per heavy atom. The van der Waals surface area contributed by atoms with Crippen LogP contribution in [0.3, 0.4) is 0 Å². The van der Waals surface area contributed by atoms with Gasteiger partial charge in [-0.25, -0.2) is 0 Å². The first-order chi connectivity index (χ1) is 9.56. The van der Waals surface area contributed by atoms with Crippen LogP contribution < -0.4 is 0 Å². The molecular weight excluding hydrogens is 250 g/mol. The highest BCUT2D eigenvalue weighted by Crippen LogP contribution is 2.43. The molecule has 0 aromatic heterocycles. The zero-order valence-corrected chi connectivity index (χ0v) is 12.2. The number of hydrogen-bond acceptors (Lipinski definition) is 2. The molecule has 3 heteroatoms. The lowest BCUT2D eigenvalue weighted by Gasteiger charge is -2.38.